The van der Waals surface area contributed by atoms with Crippen molar-refractivity contribution in [1.29, 1.82) is 0 Å². The quantitative estimate of drug-likeness (QED) is 0.803. The zero-order valence-electron chi connectivity index (χ0n) is 9.72. The van der Waals surface area contributed by atoms with Crippen LogP contribution in [0.4, 0.5) is 0 Å². The van der Waals surface area contributed by atoms with Gasteiger partial charge >= 0.3 is 0 Å². The van der Waals surface area contributed by atoms with E-state index in [4.69, 9.17) is 4.74 Å². The molecule has 1 atom stereocenters. The van der Waals surface area contributed by atoms with Gasteiger partial charge in [0.05, 0.1) is 12.7 Å². The molecule has 1 aromatic heterocycles. The number of pyridine rings is 1. The maximum atomic E-state index is 5.67. The lowest BCUT2D eigenvalue weighted by Gasteiger charge is -2.32. The Hall–Kier alpha value is -0.970. The number of hydrogen-bond acceptors (Lipinski definition) is 4. The Morgan fingerprint density at radius 2 is 2.56 bits per heavy atom. The third kappa shape index (κ3) is 3.27. The van der Waals surface area contributed by atoms with Crippen LogP contribution in [-0.2, 0) is 11.3 Å². The van der Waals surface area contributed by atoms with E-state index in [1.165, 1.54) is 5.56 Å². The van der Waals surface area contributed by atoms with E-state index in [9.17, 15) is 0 Å². The number of rotatable bonds is 4. The molecule has 0 aliphatic carbocycles. The summed E-state index contributed by atoms with van der Waals surface area (Å²) >= 11 is 0. The van der Waals surface area contributed by atoms with Crippen molar-refractivity contribution in [2.75, 3.05) is 33.3 Å². The average Bonchev–Trinajstić information content (AvgIpc) is 2.31. The number of hydrogen-bond donors (Lipinski definition) is 1. The van der Waals surface area contributed by atoms with Gasteiger partial charge in [-0.3, -0.25) is 9.88 Å². The predicted molar refractivity (Wildman–Crippen MR) is 63.2 cm³/mol. The zero-order chi connectivity index (χ0) is 11.2. The Bertz CT molecular complexity index is 302. The summed E-state index contributed by atoms with van der Waals surface area (Å²) in [6.45, 7) is 4.72. The van der Waals surface area contributed by atoms with Crippen LogP contribution in [0.15, 0.2) is 24.5 Å². The Labute approximate surface area is 96.6 Å². The molecule has 2 rings (SSSR count). The molecular formula is C12H19N3O. The van der Waals surface area contributed by atoms with Gasteiger partial charge in [-0.1, -0.05) is 6.07 Å². The third-order valence-electron chi connectivity index (χ3n) is 2.78. The van der Waals surface area contributed by atoms with Gasteiger partial charge in [-0.15, -0.1) is 0 Å². The summed E-state index contributed by atoms with van der Waals surface area (Å²) < 4.78 is 5.67. The highest BCUT2D eigenvalue weighted by atomic mass is 16.5. The number of nitrogens with zero attached hydrogens (tertiary/aromatic N) is 2. The minimum Gasteiger partial charge on any atom is -0.374 e. The highest BCUT2D eigenvalue weighted by Gasteiger charge is 2.19. The fourth-order valence-corrected chi connectivity index (χ4v) is 2.03. The Morgan fingerprint density at radius 3 is 3.31 bits per heavy atom. The highest BCUT2D eigenvalue weighted by Crippen LogP contribution is 2.09. The Balaban J connectivity index is 1.85. The van der Waals surface area contributed by atoms with Crippen molar-refractivity contribution < 1.29 is 4.74 Å². The first-order valence-corrected chi connectivity index (χ1v) is 5.76. The molecule has 1 saturated heterocycles. The molecule has 0 radical (unpaired) electrons. The van der Waals surface area contributed by atoms with E-state index < -0.39 is 0 Å². The van der Waals surface area contributed by atoms with Crippen LogP contribution in [0.2, 0.25) is 0 Å². The first-order valence-electron chi connectivity index (χ1n) is 5.76. The van der Waals surface area contributed by atoms with Crippen LogP contribution in [0.1, 0.15) is 5.56 Å². The van der Waals surface area contributed by atoms with Gasteiger partial charge in [-0.05, 0) is 18.7 Å². The van der Waals surface area contributed by atoms with Gasteiger partial charge in [0.2, 0.25) is 0 Å². The predicted octanol–water partition coefficient (Wildman–Crippen LogP) is 0.502. The number of aromatic nitrogens is 1. The molecule has 0 spiro atoms. The molecule has 1 aliphatic rings. The van der Waals surface area contributed by atoms with Gasteiger partial charge < -0.3 is 10.1 Å². The van der Waals surface area contributed by atoms with Gasteiger partial charge in [0.15, 0.2) is 0 Å². The van der Waals surface area contributed by atoms with E-state index in [1.807, 2.05) is 25.5 Å². The number of ether oxygens (including phenoxy) is 1. The highest BCUT2D eigenvalue weighted by molar-refractivity contribution is 5.08. The van der Waals surface area contributed by atoms with Crippen LogP contribution in [-0.4, -0.2) is 49.3 Å². The molecule has 16 heavy (non-hydrogen) atoms. The molecule has 1 aliphatic heterocycles. The fraction of sp³-hybridized carbons (Fsp3) is 0.583. The fourth-order valence-electron chi connectivity index (χ4n) is 2.03. The van der Waals surface area contributed by atoms with Crippen LogP contribution >= 0.6 is 0 Å². The van der Waals surface area contributed by atoms with E-state index >= 15 is 0 Å². The van der Waals surface area contributed by atoms with E-state index in [-0.39, 0.29) is 0 Å². The second kappa shape index (κ2) is 5.94. The summed E-state index contributed by atoms with van der Waals surface area (Å²) in [6.07, 6.45) is 4.06. The van der Waals surface area contributed by atoms with E-state index in [2.05, 4.69) is 21.3 Å². The molecule has 1 unspecified atom stereocenters. The summed E-state index contributed by atoms with van der Waals surface area (Å²) in [7, 11) is 1.96. The molecule has 0 saturated carbocycles. The smallest absolute Gasteiger partial charge is 0.0826 e. The van der Waals surface area contributed by atoms with Gasteiger partial charge in [-0.2, -0.15) is 0 Å². The summed E-state index contributed by atoms with van der Waals surface area (Å²) in [5, 5.41) is 3.16. The Kier molecular flexibility index (Phi) is 4.27. The molecule has 2 heterocycles. The minimum atomic E-state index is 0.315. The summed E-state index contributed by atoms with van der Waals surface area (Å²) in [6, 6.07) is 4.11. The minimum absolute atomic E-state index is 0.315. The van der Waals surface area contributed by atoms with Gasteiger partial charge in [0.1, 0.15) is 0 Å². The zero-order valence-corrected chi connectivity index (χ0v) is 9.72. The lowest BCUT2D eigenvalue weighted by molar-refractivity contribution is -0.0291. The second-order valence-electron chi connectivity index (χ2n) is 4.15. The first-order chi connectivity index (χ1) is 7.88. The largest absolute Gasteiger partial charge is 0.374 e. The van der Waals surface area contributed by atoms with Crippen LogP contribution in [0.5, 0.6) is 0 Å². The van der Waals surface area contributed by atoms with Crippen molar-refractivity contribution in [2.45, 2.75) is 12.6 Å². The van der Waals surface area contributed by atoms with Crippen LogP contribution in [0, 0.1) is 0 Å². The molecule has 0 aromatic carbocycles. The molecular weight excluding hydrogens is 202 g/mol. The molecule has 4 heteroatoms. The summed E-state index contributed by atoms with van der Waals surface area (Å²) in [5.74, 6) is 0. The monoisotopic (exact) mass is 221 g/mol. The van der Waals surface area contributed by atoms with Gasteiger partial charge in [-0.25, -0.2) is 0 Å². The number of nitrogens with one attached hydrogen (secondary N) is 1. The van der Waals surface area contributed by atoms with Crippen molar-refractivity contribution >= 4 is 0 Å². The van der Waals surface area contributed by atoms with E-state index in [1.54, 1.807) is 0 Å². The summed E-state index contributed by atoms with van der Waals surface area (Å²) in [5.41, 5.74) is 1.27. The number of morpholine rings is 1. The SMILES string of the molecule is CNCC1CN(Cc2cccnc2)CCO1. The first kappa shape index (κ1) is 11.5. The summed E-state index contributed by atoms with van der Waals surface area (Å²) in [4.78, 5) is 6.55. The lowest BCUT2D eigenvalue weighted by atomic mass is 10.2. The molecule has 1 N–H and O–H groups in total. The third-order valence-corrected chi connectivity index (χ3v) is 2.78. The number of likely N-dealkylation sites (N-methyl/N-ethyl adjacent to an activating group) is 1. The normalized spacial score (nSPS) is 22.2. The van der Waals surface area contributed by atoms with Crippen LogP contribution in [0.3, 0.4) is 0 Å². The topological polar surface area (TPSA) is 37.4 Å². The lowest BCUT2D eigenvalue weighted by Crippen LogP contribution is -2.45. The molecule has 1 aromatic rings. The van der Waals surface area contributed by atoms with Crippen molar-refractivity contribution in [3.63, 3.8) is 0 Å². The van der Waals surface area contributed by atoms with Crippen molar-refractivity contribution in [2.24, 2.45) is 0 Å². The van der Waals surface area contributed by atoms with Crippen molar-refractivity contribution in [3.8, 4) is 0 Å². The Morgan fingerprint density at radius 1 is 1.62 bits per heavy atom. The van der Waals surface area contributed by atoms with Crippen molar-refractivity contribution in [3.05, 3.63) is 30.1 Å². The molecule has 1 fully saturated rings. The van der Waals surface area contributed by atoms with Gasteiger partial charge in [0.25, 0.3) is 0 Å². The maximum absolute atomic E-state index is 5.67. The maximum Gasteiger partial charge on any atom is 0.0826 e. The standard InChI is InChI=1S/C12H19N3O/c1-13-8-12-10-15(5-6-16-12)9-11-3-2-4-14-7-11/h2-4,7,12-13H,5-6,8-10H2,1H3. The molecule has 0 amide bonds. The van der Waals surface area contributed by atoms with Crippen LogP contribution < -0.4 is 5.32 Å². The molecule has 4 nitrogen and oxygen atoms in total. The second-order valence-corrected chi connectivity index (χ2v) is 4.15. The molecule has 88 valence electrons. The average molecular weight is 221 g/mol. The molecule has 0 bridgehead atoms. The van der Waals surface area contributed by atoms with E-state index in [0.29, 0.717) is 6.10 Å². The van der Waals surface area contributed by atoms with Gasteiger partial charge in [0, 0.05) is 38.6 Å². The van der Waals surface area contributed by atoms with Crippen LogP contribution in [0.25, 0.3) is 0 Å². The van der Waals surface area contributed by atoms with E-state index in [0.717, 1.165) is 32.8 Å². The van der Waals surface area contributed by atoms with Crippen molar-refractivity contribution in [1.82, 2.24) is 15.2 Å².